The first-order valence-electron chi connectivity index (χ1n) is 8.43. The fourth-order valence-corrected chi connectivity index (χ4v) is 1.76. The Labute approximate surface area is 149 Å². The van der Waals surface area contributed by atoms with E-state index >= 15 is 0 Å². The Kier molecular flexibility index (Phi) is 12.5. The molecule has 0 spiro atoms. The van der Waals surface area contributed by atoms with Crippen LogP contribution in [-0.2, 0) is 23.7 Å². The van der Waals surface area contributed by atoms with Crippen LogP contribution in [-0.4, -0.2) is 66.0 Å². The van der Waals surface area contributed by atoms with Crippen molar-refractivity contribution in [2.45, 2.75) is 13.3 Å². The smallest absolute Gasteiger partial charge is 0.222 e. The zero-order valence-electron chi connectivity index (χ0n) is 15.1. The molecular weight excluding hydrogens is 326 g/mol. The maximum Gasteiger partial charge on any atom is 0.222 e. The maximum atomic E-state index is 10.9. The van der Waals surface area contributed by atoms with Crippen LogP contribution in [0.1, 0.15) is 12.0 Å². The molecule has 1 aromatic carbocycles. The maximum absolute atomic E-state index is 10.9. The average molecular weight is 355 g/mol. The number of carbonyl (C=O) groups is 1. The number of hydrogen-bond donors (Lipinski definition) is 1. The zero-order valence-corrected chi connectivity index (χ0v) is 15.1. The van der Waals surface area contributed by atoms with Gasteiger partial charge in [0.15, 0.2) is 0 Å². The van der Waals surface area contributed by atoms with Gasteiger partial charge in [-0.15, -0.1) is 0 Å². The van der Waals surface area contributed by atoms with E-state index in [1.54, 1.807) is 7.05 Å². The van der Waals surface area contributed by atoms with Crippen LogP contribution in [0.15, 0.2) is 24.3 Å². The van der Waals surface area contributed by atoms with E-state index in [0.717, 1.165) is 5.75 Å². The molecule has 0 aliphatic heterocycles. The molecule has 7 heteroatoms. The van der Waals surface area contributed by atoms with E-state index in [9.17, 15) is 4.79 Å². The quantitative estimate of drug-likeness (QED) is 0.380. The second-order valence-corrected chi connectivity index (χ2v) is 5.24. The Bertz CT molecular complexity index is 451. The molecule has 0 aliphatic carbocycles. The molecule has 1 aromatic rings. The second kappa shape index (κ2) is 14.7. The van der Waals surface area contributed by atoms with Gasteiger partial charge in [0.05, 0.1) is 46.1 Å². The van der Waals surface area contributed by atoms with Crippen LogP contribution in [0.2, 0.25) is 0 Å². The van der Waals surface area contributed by atoms with Gasteiger partial charge in [0, 0.05) is 7.05 Å². The molecule has 0 bridgehead atoms. The molecule has 0 atom stereocenters. The highest BCUT2D eigenvalue weighted by Crippen LogP contribution is 2.10. The summed E-state index contributed by atoms with van der Waals surface area (Å²) in [6.07, 6.45) is 0.335. The van der Waals surface area contributed by atoms with Crippen LogP contribution in [0.5, 0.6) is 5.75 Å². The summed E-state index contributed by atoms with van der Waals surface area (Å²) < 4.78 is 26.7. The number of rotatable bonds is 15. The Morgan fingerprint density at radius 2 is 1.40 bits per heavy atom. The normalized spacial score (nSPS) is 10.6. The molecule has 0 saturated heterocycles. The van der Waals surface area contributed by atoms with Crippen molar-refractivity contribution in [3.63, 3.8) is 0 Å². The molecule has 1 N–H and O–H groups in total. The first-order valence-corrected chi connectivity index (χ1v) is 8.43. The fraction of sp³-hybridized carbons (Fsp3) is 0.611. The zero-order chi connectivity index (χ0) is 18.2. The van der Waals surface area contributed by atoms with E-state index in [4.69, 9.17) is 23.7 Å². The fourth-order valence-electron chi connectivity index (χ4n) is 1.76. The van der Waals surface area contributed by atoms with Crippen molar-refractivity contribution in [1.29, 1.82) is 0 Å². The topological polar surface area (TPSA) is 75.3 Å². The van der Waals surface area contributed by atoms with Gasteiger partial charge < -0.3 is 29.0 Å². The molecule has 142 valence electrons. The SMILES string of the molecule is CNC(=O)CCOCOCCOCCOCCOc1ccc(C)cc1. The summed E-state index contributed by atoms with van der Waals surface area (Å²) in [6.45, 7) is 5.51. The van der Waals surface area contributed by atoms with Gasteiger partial charge >= 0.3 is 0 Å². The summed E-state index contributed by atoms with van der Waals surface area (Å²) in [7, 11) is 1.59. The number of hydrogen-bond acceptors (Lipinski definition) is 6. The van der Waals surface area contributed by atoms with Gasteiger partial charge in [-0.2, -0.15) is 0 Å². The molecule has 0 aliphatic rings. The standard InChI is InChI=1S/C18H29NO6/c1-16-3-5-17(6-4-16)25-14-13-22-10-9-21-11-12-24-15-23-8-7-18(20)19-2/h3-6H,7-15H2,1-2H3,(H,19,20). The molecule has 7 nitrogen and oxygen atoms in total. The van der Waals surface area contributed by atoms with E-state index < -0.39 is 0 Å². The lowest BCUT2D eigenvalue weighted by Crippen LogP contribution is -2.20. The summed E-state index contributed by atoms with van der Waals surface area (Å²) in [5, 5.41) is 2.52. The van der Waals surface area contributed by atoms with Crippen LogP contribution in [0, 0.1) is 6.92 Å². The Hall–Kier alpha value is -1.67. The summed E-state index contributed by atoms with van der Waals surface area (Å²) in [5.74, 6) is 0.799. The van der Waals surface area contributed by atoms with Gasteiger partial charge in [-0.25, -0.2) is 0 Å². The predicted octanol–water partition coefficient (Wildman–Crippen LogP) is 1.53. The van der Waals surface area contributed by atoms with E-state index in [2.05, 4.69) is 5.32 Å². The van der Waals surface area contributed by atoms with Gasteiger partial charge in [-0.1, -0.05) is 17.7 Å². The van der Waals surface area contributed by atoms with Crippen molar-refractivity contribution in [1.82, 2.24) is 5.32 Å². The molecule has 1 amide bonds. The number of amides is 1. The number of nitrogens with one attached hydrogen (secondary N) is 1. The molecule has 0 saturated carbocycles. The number of carbonyl (C=O) groups excluding carboxylic acids is 1. The van der Waals surface area contributed by atoms with Crippen molar-refractivity contribution in [3.05, 3.63) is 29.8 Å². The van der Waals surface area contributed by atoms with E-state index in [0.29, 0.717) is 52.7 Å². The minimum atomic E-state index is -0.0485. The minimum absolute atomic E-state index is 0.0485. The molecule has 0 unspecified atom stereocenters. The summed E-state index contributed by atoms with van der Waals surface area (Å²) in [6, 6.07) is 7.92. The lowest BCUT2D eigenvalue weighted by atomic mass is 10.2. The number of ether oxygens (including phenoxy) is 5. The third kappa shape index (κ3) is 12.4. The number of aryl methyl sites for hydroxylation is 1. The van der Waals surface area contributed by atoms with Gasteiger partial charge in [-0.3, -0.25) is 4.79 Å². The summed E-state index contributed by atoms with van der Waals surface area (Å²) in [5.41, 5.74) is 1.21. The molecular formula is C18H29NO6. The van der Waals surface area contributed by atoms with Crippen LogP contribution in [0.4, 0.5) is 0 Å². The van der Waals surface area contributed by atoms with Gasteiger partial charge in [0.25, 0.3) is 0 Å². The van der Waals surface area contributed by atoms with Gasteiger partial charge in [-0.05, 0) is 19.1 Å². The van der Waals surface area contributed by atoms with Crippen molar-refractivity contribution < 1.29 is 28.5 Å². The molecule has 25 heavy (non-hydrogen) atoms. The summed E-state index contributed by atoms with van der Waals surface area (Å²) in [4.78, 5) is 10.9. The van der Waals surface area contributed by atoms with Gasteiger partial charge in [0.1, 0.15) is 19.1 Å². The van der Waals surface area contributed by atoms with Crippen LogP contribution in [0.3, 0.4) is 0 Å². The lowest BCUT2D eigenvalue weighted by Gasteiger charge is -2.08. The Morgan fingerprint density at radius 3 is 2.04 bits per heavy atom. The second-order valence-electron chi connectivity index (χ2n) is 5.24. The highest BCUT2D eigenvalue weighted by molar-refractivity contribution is 5.75. The van der Waals surface area contributed by atoms with Crippen LogP contribution >= 0.6 is 0 Å². The Balaban J connectivity index is 1.77. The lowest BCUT2D eigenvalue weighted by molar-refractivity contribution is -0.123. The average Bonchev–Trinajstić information content (AvgIpc) is 2.63. The third-order valence-electron chi connectivity index (χ3n) is 3.18. The minimum Gasteiger partial charge on any atom is -0.491 e. The van der Waals surface area contributed by atoms with E-state index in [1.807, 2.05) is 31.2 Å². The largest absolute Gasteiger partial charge is 0.491 e. The van der Waals surface area contributed by atoms with E-state index in [-0.39, 0.29) is 12.7 Å². The van der Waals surface area contributed by atoms with Crippen molar-refractivity contribution >= 4 is 5.91 Å². The molecule has 1 rings (SSSR count). The monoisotopic (exact) mass is 355 g/mol. The molecule has 0 radical (unpaired) electrons. The summed E-state index contributed by atoms with van der Waals surface area (Å²) >= 11 is 0. The van der Waals surface area contributed by atoms with Crippen LogP contribution < -0.4 is 10.1 Å². The van der Waals surface area contributed by atoms with Crippen molar-refractivity contribution in [2.75, 3.05) is 60.1 Å². The highest BCUT2D eigenvalue weighted by atomic mass is 16.7. The first-order chi connectivity index (χ1) is 12.2. The molecule has 0 fully saturated rings. The molecule has 0 heterocycles. The van der Waals surface area contributed by atoms with Crippen molar-refractivity contribution in [2.24, 2.45) is 0 Å². The predicted molar refractivity (Wildman–Crippen MR) is 93.8 cm³/mol. The van der Waals surface area contributed by atoms with Crippen LogP contribution in [0.25, 0.3) is 0 Å². The first kappa shape index (κ1) is 21.4. The van der Waals surface area contributed by atoms with Crippen molar-refractivity contribution in [3.8, 4) is 5.75 Å². The van der Waals surface area contributed by atoms with Gasteiger partial charge in [0.2, 0.25) is 5.91 Å². The third-order valence-corrected chi connectivity index (χ3v) is 3.18. The highest BCUT2D eigenvalue weighted by Gasteiger charge is 1.97. The number of benzene rings is 1. The van der Waals surface area contributed by atoms with E-state index in [1.165, 1.54) is 5.56 Å². The Morgan fingerprint density at radius 1 is 0.840 bits per heavy atom. The molecule has 0 aromatic heterocycles.